The summed E-state index contributed by atoms with van der Waals surface area (Å²) < 4.78 is 8.36. The van der Waals surface area contributed by atoms with Crippen LogP contribution in [0, 0.1) is 6.92 Å². The van der Waals surface area contributed by atoms with Crippen LogP contribution in [0.15, 0.2) is 24.5 Å². The zero-order chi connectivity index (χ0) is 25.1. The van der Waals surface area contributed by atoms with Gasteiger partial charge in [0.05, 0.1) is 23.0 Å². The fourth-order valence-electron chi connectivity index (χ4n) is 5.70. The molecular formula is C27H40N8O. The molecule has 0 aromatic carbocycles. The van der Waals surface area contributed by atoms with Crippen molar-refractivity contribution in [3.63, 3.8) is 0 Å². The van der Waals surface area contributed by atoms with E-state index in [1.54, 1.807) is 0 Å². The Morgan fingerprint density at radius 3 is 2.56 bits per heavy atom. The second-order valence-electron chi connectivity index (χ2n) is 10.5. The molecule has 2 saturated heterocycles. The van der Waals surface area contributed by atoms with E-state index in [4.69, 9.17) is 9.72 Å². The summed E-state index contributed by atoms with van der Waals surface area (Å²) in [5.41, 5.74) is 4.02. The number of fused-ring (bicyclic) bond motifs is 1. The number of aromatic nitrogens is 5. The number of nitrogens with one attached hydrogen (secondary N) is 1. The molecule has 0 bridgehead atoms. The Balaban J connectivity index is 1.24. The number of nitrogens with zero attached hydrogens (tertiary/aromatic N) is 7. The number of piperidine rings is 1. The summed E-state index contributed by atoms with van der Waals surface area (Å²) in [6, 6.07) is 4.51. The van der Waals surface area contributed by atoms with Gasteiger partial charge in [-0.05, 0) is 52.2 Å². The van der Waals surface area contributed by atoms with Crippen LogP contribution < -0.4 is 10.2 Å². The molecule has 5 heterocycles. The van der Waals surface area contributed by atoms with Crippen molar-refractivity contribution in [3.8, 4) is 0 Å². The minimum atomic E-state index is -0.0458. The molecule has 2 aliphatic rings. The van der Waals surface area contributed by atoms with Crippen molar-refractivity contribution in [1.29, 1.82) is 0 Å². The summed E-state index contributed by atoms with van der Waals surface area (Å²) in [5.74, 6) is 1.83. The summed E-state index contributed by atoms with van der Waals surface area (Å²) >= 11 is 0. The summed E-state index contributed by atoms with van der Waals surface area (Å²) in [7, 11) is 1.88. The predicted octanol–water partition coefficient (Wildman–Crippen LogP) is 2.98. The molecular weight excluding hydrogens is 452 g/mol. The van der Waals surface area contributed by atoms with Crippen LogP contribution in [-0.2, 0) is 11.2 Å². The fourth-order valence-corrected chi connectivity index (χ4v) is 5.70. The maximum Gasteiger partial charge on any atom is 0.225 e. The van der Waals surface area contributed by atoms with Crippen molar-refractivity contribution in [2.75, 3.05) is 57.8 Å². The van der Waals surface area contributed by atoms with Gasteiger partial charge >= 0.3 is 0 Å². The molecule has 3 aromatic rings. The van der Waals surface area contributed by atoms with Gasteiger partial charge in [-0.25, -0.2) is 15.0 Å². The van der Waals surface area contributed by atoms with Crippen LogP contribution in [-0.4, -0.2) is 87.9 Å². The lowest BCUT2D eigenvalue weighted by Gasteiger charge is -2.42. The maximum absolute atomic E-state index is 6.09. The highest BCUT2D eigenvalue weighted by Crippen LogP contribution is 2.31. The average molecular weight is 493 g/mol. The van der Waals surface area contributed by atoms with E-state index in [1.165, 1.54) is 0 Å². The smallest absolute Gasteiger partial charge is 0.225 e. The van der Waals surface area contributed by atoms with Gasteiger partial charge in [0.2, 0.25) is 5.95 Å². The largest absolute Gasteiger partial charge is 0.378 e. The number of rotatable bonds is 8. The highest BCUT2D eigenvalue weighted by molar-refractivity contribution is 5.75. The number of pyridine rings is 1. The maximum atomic E-state index is 6.09. The molecule has 0 radical (unpaired) electrons. The van der Waals surface area contributed by atoms with Crippen molar-refractivity contribution in [3.05, 3.63) is 41.7 Å². The van der Waals surface area contributed by atoms with Gasteiger partial charge in [-0.15, -0.1) is 0 Å². The zero-order valence-corrected chi connectivity index (χ0v) is 22.2. The Bertz CT molecular complexity index is 1160. The Morgan fingerprint density at radius 1 is 1.06 bits per heavy atom. The Hall–Kier alpha value is -2.62. The van der Waals surface area contributed by atoms with Gasteiger partial charge in [-0.3, -0.25) is 4.98 Å². The van der Waals surface area contributed by atoms with E-state index in [0.29, 0.717) is 12.5 Å². The van der Waals surface area contributed by atoms with Crippen LogP contribution >= 0.6 is 0 Å². The molecule has 9 heteroatoms. The van der Waals surface area contributed by atoms with Crippen molar-refractivity contribution >= 4 is 17.0 Å². The standard InChI is InChI=1S/C27H40N8O/c1-20(2)35-21(3)31-24-19-30-23(18-25(24)35)17-22-5-9-29-26(32-22)34-13-7-27(36-4,8-14-34)6-12-33-15-10-28-11-16-33/h5,9,18-20,28H,6-8,10-17H2,1-4H3. The van der Waals surface area contributed by atoms with Gasteiger partial charge in [0, 0.05) is 77.3 Å². The lowest BCUT2D eigenvalue weighted by Crippen LogP contribution is -2.50. The minimum Gasteiger partial charge on any atom is -0.378 e. The number of imidazole rings is 1. The monoisotopic (exact) mass is 492 g/mol. The molecule has 36 heavy (non-hydrogen) atoms. The lowest BCUT2D eigenvalue weighted by molar-refractivity contribution is -0.0424. The highest BCUT2D eigenvalue weighted by Gasteiger charge is 2.35. The van der Waals surface area contributed by atoms with E-state index in [0.717, 1.165) is 99.3 Å². The molecule has 2 fully saturated rings. The number of hydrogen-bond donors (Lipinski definition) is 1. The fraction of sp³-hybridized carbons (Fsp3) is 0.630. The van der Waals surface area contributed by atoms with E-state index in [1.807, 2.05) is 25.6 Å². The van der Waals surface area contributed by atoms with Gasteiger partial charge in [0.25, 0.3) is 0 Å². The van der Waals surface area contributed by atoms with Crippen LogP contribution in [0.5, 0.6) is 0 Å². The normalized spacial score (nSPS) is 18.9. The third-order valence-corrected chi connectivity index (χ3v) is 7.87. The molecule has 194 valence electrons. The predicted molar refractivity (Wildman–Crippen MR) is 143 cm³/mol. The van der Waals surface area contributed by atoms with Crippen molar-refractivity contribution < 1.29 is 4.74 Å². The quantitative estimate of drug-likeness (QED) is 0.514. The van der Waals surface area contributed by atoms with Crippen LogP contribution in [0.25, 0.3) is 11.0 Å². The summed E-state index contributed by atoms with van der Waals surface area (Å²) in [5, 5.41) is 3.43. The van der Waals surface area contributed by atoms with Gasteiger partial charge in [0.15, 0.2) is 0 Å². The van der Waals surface area contributed by atoms with Gasteiger partial charge in [-0.1, -0.05) is 0 Å². The Morgan fingerprint density at radius 2 is 1.83 bits per heavy atom. The second kappa shape index (κ2) is 10.8. The molecule has 0 amide bonds. The molecule has 0 atom stereocenters. The van der Waals surface area contributed by atoms with Crippen molar-refractivity contribution in [2.24, 2.45) is 0 Å². The molecule has 0 aliphatic carbocycles. The number of hydrogen-bond acceptors (Lipinski definition) is 8. The Labute approximate surface area is 214 Å². The van der Waals surface area contributed by atoms with Crippen molar-refractivity contribution in [2.45, 2.75) is 58.1 Å². The van der Waals surface area contributed by atoms with E-state index < -0.39 is 0 Å². The third kappa shape index (κ3) is 5.38. The average Bonchev–Trinajstić information content (AvgIpc) is 3.24. The van der Waals surface area contributed by atoms with Crippen LogP contribution in [0.3, 0.4) is 0 Å². The first-order chi connectivity index (χ1) is 17.5. The van der Waals surface area contributed by atoms with Gasteiger partial charge in [0.1, 0.15) is 11.3 Å². The van der Waals surface area contributed by atoms with Gasteiger partial charge < -0.3 is 24.4 Å². The first kappa shape index (κ1) is 25.0. The van der Waals surface area contributed by atoms with Gasteiger partial charge in [-0.2, -0.15) is 0 Å². The van der Waals surface area contributed by atoms with Crippen LogP contribution in [0.1, 0.15) is 56.4 Å². The number of anilines is 1. The third-order valence-electron chi connectivity index (χ3n) is 7.87. The second-order valence-corrected chi connectivity index (χ2v) is 10.5. The van der Waals surface area contributed by atoms with E-state index in [9.17, 15) is 0 Å². The van der Waals surface area contributed by atoms with Crippen LogP contribution in [0.4, 0.5) is 5.95 Å². The summed E-state index contributed by atoms with van der Waals surface area (Å²) in [6.45, 7) is 13.8. The topological polar surface area (TPSA) is 84.2 Å². The van der Waals surface area contributed by atoms with Crippen LogP contribution in [0.2, 0.25) is 0 Å². The first-order valence-corrected chi connectivity index (χ1v) is 13.3. The molecule has 0 spiro atoms. The van der Waals surface area contributed by atoms with E-state index in [2.05, 4.69) is 61.5 Å². The lowest BCUT2D eigenvalue weighted by atomic mass is 9.87. The first-order valence-electron chi connectivity index (χ1n) is 13.3. The van der Waals surface area contributed by atoms with E-state index >= 15 is 0 Å². The Kier molecular flexibility index (Phi) is 7.50. The number of ether oxygens (including phenoxy) is 1. The molecule has 0 saturated carbocycles. The molecule has 5 rings (SSSR count). The number of methoxy groups -OCH3 is 1. The summed E-state index contributed by atoms with van der Waals surface area (Å²) in [4.78, 5) is 23.7. The SMILES string of the molecule is COC1(CCN2CCNCC2)CCN(c2nccc(Cc3cc4c(cn3)nc(C)n4C(C)C)n2)CC1. The zero-order valence-electron chi connectivity index (χ0n) is 22.2. The number of aryl methyl sites for hydroxylation is 1. The molecule has 9 nitrogen and oxygen atoms in total. The van der Waals surface area contributed by atoms with E-state index in [-0.39, 0.29) is 5.60 Å². The highest BCUT2D eigenvalue weighted by atomic mass is 16.5. The minimum absolute atomic E-state index is 0.0458. The number of piperazine rings is 1. The molecule has 2 aliphatic heterocycles. The molecule has 1 N–H and O–H groups in total. The van der Waals surface area contributed by atoms with Crippen molar-refractivity contribution in [1.82, 2.24) is 34.7 Å². The molecule has 3 aromatic heterocycles. The molecule has 0 unspecified atom stereocenters. The summed E-state index contributed by atoms with van der Waals surface area (Å²) in [6.07, 6.45) is 7.52.